The number of carbonyl (C=O) groups is 1. The van der Waals surface area contributed by atoms with E-state index in [-0.39, 0.29) is 18.4 Å². The van der Waals surface area contributed by atoms with Gasteiger partial charge in [0.2, 0.25) is 5.91 Å². The van der Waals surface area contributed by atoms with E-state index in [4.69, 9.17) is 4.74 Å². The second kappa shape index (κ2) is 5.72. The van der Waals surface area contributed by atoms with E-state index in [1.165, 1.54) is 5.56 Å². The van der Waals surface area contributed by atoms with E-state index in [9.17, 15) is 9.90 Å². The van der Waals surface area contributed by atoms with Crippen LogP contribution in [0.4, 0.5) is 0 Å². The Morgan fingerprint density at radius 1 is 1.37 bits per heavy atom. The van der Waals surface area contributed by atoms with Gasteiger partial charge >= 0.3 is 0 Å². The van der Waals surface area contributed by atoms with E-state index in [1.54, 1.807) is 7.11 Å². The number of benzene rings is 1. The van der Waals surface area contributed by atoms with Crippen LogP contribution in [-0.2, 0) is 22.6 Å². The van der Waals surface area contributed by atoms with Crippen LogP contribution in [0.5, 0.6) is 0 Å². The van der Waals surface area contributed by atoms with Gasteiger partial charge in [0.25, 0.3) is 0 Å². The molecule has 1 amide bonds. The molecule has 1 aromatic carbocycles. The summed E-state index contributed by atoms with van der Waals surface area (Å²) in [7, 11) is 1.57. The number of rotatable bonds is 4. The third-order valence-corrected chi connectivity index (χ3v) is 3.47. The average Bonchev–Trinajstić information content (AvgIpc) is 2.80. The second-order valence-corrected chi connectivity index (χ2v) is 5.35. The average molecular weight is 263 g/mol. The number of nitrogens with zero attached hydrogens (tertiary/aromatic N) is 1. The fourth-order valence-electron chi connectivity index (χ4n) is 2.40. The molecule has 0 radical (unpaired) electrons. The Labute approximate surface area is 114 Å². The van der Waals surface area contributed by atoms with Gasteiger partial charge in [0.1, 0.15) is 6.10 Å². The Morgan fingerprint density at radius 3 is 2.68 bits per heavy atom. The summed E-state index contributed by atoms with van der Waals surface area (Å²) < 4.78 is 4.95. The highest BCUT2D eigenvalue weighted by molar-refractivity contribution is 5.78. The summed E-state index contributed by atoms with van der Waals surface area (Å²) in [5, 5.41) is 9.91. The molecule has 0 aliphatic carbocycles. The lowest BCUT2D eigenvalue weighted by Crippen LogP contribution is -2.29. The van der Waals surface area contributed by atoms with Crippen LogP contribution in [0.15, 0.2) is 18.2 Å². The van der Waals surface area contributed by atoms with Gasteiger partial charge in [-0.05, 0) is 16.7 Å². The molecule has 1 N–H and O–H groups in total. The molecule has 1 aliphatic rings. The standard InChI is InChI=1S/C15H21NO3/c1-10(2)15(18)16-7-12-5-4-11(6-13(12)8-16)14(17)9-19-3/h4-6,10,14,17H,7-9H2,1-3H3. The SMILES string of the molecule is COCC(O)c1ccc2c(c1)CN(C(=O)C(C)C)C2. The van der Waals surface area contributed by atoms with E-state index in [0.29, 0.717) is 13.1 Å². The molecule has 2 rings (SSSR count). The molecule has 1 aromatic rings. The number of aliphatic hydroxyl groups is 1. The number of hydrogen-bond acceptors (Lipinski definition) is 3. The van der Waals surface area contributed by atoms with Crippen molar-refractivity contribution in [2.45, 2.75) is 33.0 Å². The normalized spacial score (nSPS) is 15.7. The summed E-state index contributed by atoms with van der Waals surface area (Å²) >= 11 is 0. The van der Waals surface area contributed by atoms with Gasteiger partial charge in [0.15, 0.2) is 0 Å². The van der Waals surface area contributed by atoms with Crippen molar-refractivity contribution in [2.24, 2.45) is 5.92 Å². The summed E-state index contributed by atoms with van der Waals surface area (Å²) in [5.74, 6) is 0.197. The van der Waals surface area contributed by atoms with Crippen molar-refractivity contribution in [3.05, 3.63) is 34.9 Å². The van der Waals surface area contributed by atoms with E-state index in [2.05, 4.69) is 0 Å². The van der Waals surface area contributed by atoms with Gasteiger partial charge in [-0.25, -0.2) is 0 Å². The van der Waals surface area contributed by atoms with Crippen molar-refractivity contribution in [2.75, 3.05) is 13.7 Å². The fraction of sp³-hybridized carbons (Fsp3) is 0.533. The molecule has 0 saturated carbocycles. The van der Waals surface area contributed by atoms with Crippen LogP contribution in [-0.4, -0.2) is 29.6 Å². The fourth-order valence-corrected chi connectivity index (χ4v) is 2.40. The van der Waals surface area contributed by atoms with E-state index in [0.717, 1.165) is 11.1 Å². The number of carbonyl (C=O) groups excluding carboxylic acids is 1. The third-order valence-electron chi connectivity index (χ3n) is 3.47. The first-order valence-corrected chi connectivity index (χ1v) is 6.60. The molecular formula is C15H21NO3. The van der Waals surface area contributed by atoms with Gasteiger partial charge in [-0.15, -0.1) is 0 Å². The van der Waals surface area contributed by atoms with E-state index < -0.39 is 6.10 Å². The molecule has 0 spiro atoms. The molecule has 0 aromatic heterocycles. The van der Waals surface area contributed by atoms with Crippen LogP contribution in [0, 0.1) is 5.92 Å². The first-order chi connectivity index (χ1) is 9.02. The second-order valence-electron chi connectivity index (χ2n) is 5.35. The van der Waals surface area contributed by atoms with Crippen LogP contribution in [0.25, 0.3) is 0 Å². The Balaban J connectivity index is 2.14. The monoisotopic (exact) mass is 263 g/mol. The Hall–Kier alpha value is -1.39. The summed E-state index contributed by atoms with van der Waals surface area (Å²) in [4.78, 5) is 13.9. The number of methoxy groups -OCH3 is 1. The molecule has 1 heterocycles. The molecule has 4 heteroatoms. The van der Waals surface area contributed by atoms with Gasteiger partial charge in [-0.3, -0.25) is 4.79 Å². The first kappa shape index (κ1) is 14.0. The molecular weight excluding hydrogens is 242 g/mol. The van der Waals surface area contributed by atoms with Crippen LogP contribution in [0.2, 0.25) is 0 Å². The summed E-state index contributed by atoms with van der Waals surface area (Å²) in [6, 6.07) is 5.88. The summed E-state index contributed by atoms with van der Waals surface area (Å²) in [6.07, 6.45) is -0.606. The maximum Gasteiger partial charge on any atom is 0.225 e. The molecule has 4 nitrogen and oxygen atoms in total. The largest absolute Gasteiger partial charge is 0.386 e. The van der Waals surface area contributed by atoms with Gasteiger partial charge in [0.05, 0.1) is 6.61 Å². The van der Waals surface area contributed by atoms with Crippen LogP contribution in [0.3, 0.4) is 0 Å². The Kier molecular flexibility index (Phi) is 4.22. The number of aliphatic hydroxyl groups excluding tert-OH is 1. The quantitative estimate of drug-likeness (QED) is 0.902. The molecule has 19 heavy (non-hydrogen) atoms. The van der Waals surface area contributed by atoms with Crippen molar-refractivity contribution >= 4 is 5.91 Å². The maximum atomic E-state index is 12.0. The van der Waals surface area contributed by atoms with Crippen molar-refractivity contribution in [3.8, 4) is 0 Å². The molecule has 0 fully saturated rings. The van der Waals surface area contributed by atoms with Gasteiger partial charge in [-0.2, -0.15) is 0 Å². The smallest absolute Gasteiger partial charge is 0.225 e. The molecule has 0 bridgehead atoms. The zero-order chi connectivity index (χ0) is 14.0. The van der Waals surface area contributed by atoms with Crippen LogP contribution >= 0.6 is 0 Å². The number of ether oxygens (including phenoxy) is 1. The van der Waals surface area contributed by atoms with Crippen LogP contribution in [0.1, 0.15) is 36.6 Å². The molecule has 104 valence electrons. The minimum absolute atomic E-state index is 0.0212. The molecule has 1 unspecified atom stereocenters. The lowest BCUT2D eigenvalue weighted by molar-refractivity contribution is -0.135. The lowest BCUT2D eigenvalue weighted by atomic mass is 10.0. The topological polar surface area (TPSA) is 49.8 Å². The van der Waals surface area contributed by atoms with Crippen molar-refractivity contribution in [3.63, 3.8) is 0 Å². The Bertz CT molecular complexity index is 470. The Morgan fingerprint density at radius 2 is 2.05 bits per heavy atom. The van der Waals surface area contributed by atoms with Crippen molar-refractivity contribution < 1.29 is 14.6 Å². The van der Waals surface area contributed by atoms with Crippen molar-refractivity contribution in [1.29, 1.82) is 0 Å². The molecule has 1 atom stereocenters. The highest BCUT2D eigenvalue weighted by Gasteiger charge is 2.25. The predicted octanol–water partition coefficient (Wildman–Crippen LogP) is 1.86. The zero-order valence-corrected chi connectivity index (χ0v) is 11.7. The van der Waals surface area contributed by atoms with E-state index in [1.807, 2.05) is 36.9 Å². The number of fused-ring (bicyclic) bond motifs is 1. The predicted molar refractivity (Wildman–Crippen MR) is 72.4 cm³/mol. The highest BCUT2D eigenvalue weighted by Crippen LogP contribution is 2.27. The van der Waals surface area contributed by atoms with Gasteiger partial charge < -0.3 is 14.7 Å². The summed E-state index contributed by atoms with van der Waals surface area (Å²) in [6.45, 7) is 5.43. The molecule has 1 aliphatic heterocycles. The van der Waals surface area contributed by atoms with E-state index >= 15 is 0 Å². The highest BCUT2D eigenvalue weighted by atomic mass is 16.5. The summed E-state index contributed by atoms with van der Waals surface area (Å²) in [5.41, 5.74) is 3.14. The van der Waals surface area contributed by atoms with Crippen LogP contribution < -0.4 is 0 Å². The zero-order valence-electron chi connectivity index (χ0n) is 11.7. The van der Waals surface area contributed by atoms with Crippen molar-refractivity contribution in [1.82, 2.24) is 4.90 Å². The van der Waals surface area contributed by atoms with Gasteiger partial charge in [-0.1, -0.05) is 32.0 Å². The third kappa shape index (κ3) is 2.96. The lowest BCUT2D eigenvalue weighted by Gasteiger charge is -2.17. The minimum Gasteiger partial charge on any atom is -0.386 e. The number of amides is 1. The first-order valence-electron chi connectivity index (χ1n) is 6.60. The maximum absolute atomic E-state index is 12.0. The minimum atomic E-state index is -0.606. The molecule has 0 saturated heterocycles. The number of hydrogen-bond donors (Lipinski definition) is 1. The van der Waals surface area contributed by atoms with Gasteiger partial charge in [0, 0.05) is 26.1 Å².